The van der Waals surface area contributed by atoms with Gasteiger partial charge in [0.1, 0.15) is 0 Å². The molecule has 2 aromatic rings. The van der Waals surface area contributed by atoms with Crippen molar-refractivity contribution < 1.29 is 15.0 Å². The minimum absolute atomic E-state index is 0.164. The summed E-state index contributed by atoms with van der Waals surface area (Å²) in [6, 6.07) is 9.26. The van der Waals surface area contributed by atoms with Crippen LogP contribution in [0.4, 0.5) is 0 Å². The smallest absolute Gasteiger partial charge is 0.336 e. The molecule has 1 fully saturated rings. The van der Waals surface area contributed by atoms with Crippen LogP contribution in [0.3, 0.4) is 0 Å². The van der Waals surface area contributed by atoms with Gasteiger partial charge in [-0.2, -0.15) is 11.3 Å². The van der Waals surface area contributed by atoms with E-state index in [1.165, 1.54) is 5.56 Å². The molecule has 1 aliphatic rings. The molecule has 0 aliphatic carbocycles. The van der Waals surface area contributed by atoms with Crippen LogP contribution < -0.4 is 0 Å². The second kappa shape index (κ2) is 6.60. The number of likely N-dealkylation sites (tertiary alicyclic amines) is 1. The standard InChI is InChI=1S/C17H19NO3S/c19-10-14-8-18(9-16(14)13-5-6-22-11-13)7-12-3-1-2-4-15(12)17(20)21/h1-6,11,14,16,19H,7-10H2,(H,20,21)/t14-,16-/m0/s1. The molecule has 0 unspecified atom stereocenters. The molecule has 0 spiro atoms. The van der Waals surface area contributed by atoms with Crippen molar-refractivity contribution in [1.29, 1.82) is 0 Å². The summed E-state index contributed by atoms with van der Waals surface area (Å²) >= 11 is 1.67. The fourth-order valence-electron chi connectivity index (χ4n) is 3.25. The van der Waals surface area contributed by atoms with Gasteiger partial charge in [0.2, 0.25) is 0 Å². The molecule has 1 aliphatic heterocycles. The number of aliphatic hydroxyl groups excluding tert-OH is 1. The van der Waals surface area contributed by atoms with Crippen LogP contribution in [0.5, 0.6) is 0 Å². The summed E-state index contributed by atoms with van der Waals surface area (Å²) < 4.78 is 0. The Morgan fingerprint density at radius 3 is 2.77 bits per heavy atom. The molecule has 1 aromatic heterocycles. The number of benzene rings is 1. The number of aromatic carboxylic acids is 1. The maximum atomic E-state index is 11.3. The van der Waals surface area contributed by atoms with E-state index in [1.807, 2.05) is 12.1 Å². The number of hydrogen-bond donors (Lipinski definition) is 2. The largest absolute Gasteiger partial charge is 0.478 e. The number of aliphatic hydroxyl groups is 1. The molecule has 0 radical (unpaired) electrons. The summed E-state index contributed by atoms with van der Waals surface area (Å²) in [6.07, 6.45) is 0. The molecular weight excluding hydrogens is 298 g/mol. The van der Waals surface area contributed by atoms with Crippen molar-refractivity contribution in [2.75, 3.05) is 19.7 Å². The second-order valence-corrected chi connectivity index (χ2v) is 6.54. The van der Waals surface area contributed by atoms with Crippen molar-refractivity contribution in [2.24, 2.45) is 5.92 Å². The number of carboxylic acids is 1. The maximum Gasteiger partial charge on any atom is 0.336 e. The monoisotopic (exact) mass is 317 g/mol. The van der Waals surface area contributed by atoms with E-state index in [0.29, 0.717) is 18.0 Å². The van der Waals surface area contributed by atoms with Gasteiger partial charge in [-0.15, -0.1) is 0 Å². The molecule has 0 bridgehead atoms. The fourth-order valence-corrected chi connectivity index (χ4v) is 3.97. The lowest BCUT2D eigenvalue weighted by molar-refractivity contribution is 0.0694. The Hall–Kier alpha value is -1.69. The maximum absolute atomic E-state index is 11.3. The van der Waals surface area contributed by atoms with Crippen molar-refractivity contribution in [1.82, 2.24) is 4.90 Å². The molecule has 2 atom stereocenters. The van der Waals surface area contributed by atoms with E-state index >= 15 is 0 Å². The minimum atomic E-state index is -0.886. The highest BCUT2D eigenvalue weighted by molar-refractivity contribution is 7.08. The van der Waals surface area contributed by atoms with E-state index in [4.69, 9.17) is 0 Å². The lowest BCUT2D eigenvalue weighted by Gasteiger charge is -2.17. The number of rotatable bonds is 5. The van der Waals surface area contributed by atoms with Gasteiger partial charge in [-0.3, -0.25) is 4.90 Å². The van der Waals surface area contributed by atoms with Gasteiger partial charge in [0.15, 0.2) is 0 Å². The Kier molecular flexibility index (Phi) is 4.57. The van der Waals surface area contributed by atoms with Crippen LogP contribution in [0.15, 0.2) is 41.1 Å². The van der Waals surface area contributed by atoms with E-state index in [1.54, 1.807) is 23.5 Å². The molecule has 0 saturated carbocycles. The lowest BCUT2D eigenvalue weighted by atomic mass is 9.92. The zero-order chi connectivity index (χ0) is 15.5. The SMILES string of the molecule is O=C(O)c1ccccc1CN1C[C@@H](CO)[C@H](c2ccsc2)C1. The normalized spacial score (nSPS) is 22.0. The van der Waals surface area contributed by atoms with Gasteiger partial charge in [-0.1, -0.05) is 18.2 Å². The first-order valence-corrected chi connectivity index (χ1v) is 8.30. The number of hydrogen-bond acceptors (Lipinski definition) is 4. The zero-order valence-corrected chi connectivity index (χ0v) is 13.0. The summed E-state index contributed by atoms with van der Waals surface area (Å²) in [6.45, 7) is 2.43. The molecular formula is C17H19NO3S. The molecule has 4 nitrogen and oxygen atoms in total. The summed E-state index contributed by atoms with van der Waals surface area (Å²) in [4.78, 5) is 13.6. The van der Waals surface area contributed by atoms with Crippen LogP contribution in [0.2, 0.25) is 0 Å². The van der Waals surface area contributed by atoms with E-state index in [0.717, 1.165) is 18.7 Å². The van der Waals surface area contributed by atoms with Gasteiger partial charge >= 0.3 is 5.97 Å². The van der Waals surface area contributed by atoms with Crippen molar-refractivity contribution in [3.63, 3.8) is 0 Å². The first kappa shape index (κ1) is 15.2. The van der Waals surface area contributed by atoms with E-state index < -0.39 is 5.97 Å². The average Bonchev–Trinajstić information content (AvgIpc) is 3.16. The van der Waals surface area contributed by atoms with Gasteiger partial charge in [0.25, 0.3) is 0 Å². The van der Waals surface area contributed by atoms with Crippen molar-refractivity contribution in [2.45, 2.75) is 12.5 Å². The van der Waals surface area contributed by atoms with Crippen LogP contribution in [-0.4, -0.2) is 40.8 Å². The molecule has 1 aromatic carbocycles. The Bertz CT molecular complexity index is 641. The van der Waals surface area contributed by atoms with Gasteiger partial charge in [0, 0.05) is 38.1 Å². The van der Waals surface area contributed by atoms with Crippen LogP contribution in [-0.2, 0) is 6.54 Å². The summed E-state index contributed by atoms with van der Waals surface area (Å²) in [5.41, 5.74) is 2.47. The average molecular weight is 317 g/mol. The van der Waals surface area contributed by atoms with Gasteiger partial charge in [0.05, 0.1) is 5.56 Å². The fraction of sp³-hybridized carbons (Fsp3) is 0.353. The molecule has 22 heavy (non-hydrogen) atoms. The van der Waals surface area contributed by atoms with E-state index in [9.17, 15) is 15.0 Å². The van der Waals surface area contributed by atoms with Crippen LogP contribution in [0.25, 0.3) is 0 Å². The molecule has 1 saturated heterocycles. The number of carboxylic acid groups (broad SMARTS) is 1. The molecule has 2 heterocycles. The van der Waals surface area contributed by atoms with Gasteiger partial charge in [-0.25, -0.2) is 4.79 Å². The van der Waals surface area contributed by atoms with Crippen LogP contribution in [0, 0.1) is 5.92 Å². The molecule has 0 amide bonds. The van der Waals surface area contributed by atoms with Crippen LogP contribution in [0.1, 0.15) is 27.4 Å². The third-order valence-electron chi connectivity index (χ3n) is 4.36. The Balaban J connectivity index is 1.76. The van der Waals surface area contributed by atoms with Crippen molar-refractivity contribution in [3.05, 3.63) is 57.8 Å². The van der Waals surface area contributed by atoms with Crippen molar-refractivity contribution in [3.8, 4) is 0 Å². The number of nitrogens with zero attached hydrogens (tertiary/aromatic N) is 1. The van der Waals surface area contributed by atoms with E-state index in [-0.39, 0.29) is 12.5 Å². The highest BCUT2D eigenvalue weighted by Crippen LogP contribution is 2.34. The molecule has 3 rings (SSSR count). The molecule has 116 valence electrons. The summed E-state index contributed by atoms with van der Waals surface area (Å²) in [5, 5.41) is 23.1. The Morgan fingerprint density at radius 1 is 1.27 bits per heavy atom. The number of thiophene rings is 1. The Labute approximate surface area is 133 Å². The molecule has 2 N–H and O–H groups in total. The third-order valence-corrected chi connectivity index (χ3v) is 5.07. The van der Waals surface area contributed by atoms with Gasteiger partial charge in [-0.05, 0) is 34.0 Å². The highest BCUT2D eigenvalue weighted by atomic mass is 32.1. The first-order valence-electron chi connectivity index (χ1n) is 7.35. The summed E-state index contributed by atoms with van der Waals surface area (Å²) in [7, 11) is 0. The van der Waals surface area contributed by atoms with Gasteiger partial charge < -0.3 is 10.2 Å². The lowest BCUT2D eigenvalue weighted by Crippen LogP contribution is -2.22. The second-order valence-electron chi connectivity index (χ2n) is 5.76. The van der Waals surface area contributed by atoms with Crippen LogP contribution >= 0.6 is 11.3 Å². The zero-order valence-electron chi connectivity index (χ0n) is 12.2. The first-order chi connectivity index (χ1) is 10.7. The predicted molar refractivity (Wildman–Crippen MR) is 86.3 cm³/mol. The molecule has 5 heteroatoms. The predicted octanol–water partition coefficient (Wildman–Crippen LogP) is 2.65. The third kappa shape index (κ3) is 3.06. The van der Waals surface area contributed by atoms with Crippen molar-refractivity contribution >= 4 is 17.3 Å². The minimum Gasteiger partial charge on any atom is -0.478 e. The quantitative estimate of drug-likeness (QED) is 0.890. The number of carbonyl (C=O) groups is 1. The highest BCUT2D eigenvalue weighted by Gasteiger charge is 2.33. The Morgan fingerprint density at radius 2 is 2.09 bits per heavy atom. The topological polar surface area (TPSA) is 60.8 Å². The summed E-state index contributed by atoms with van der Waals surface area (Å²) in [5.74, 6) is -0.345. The van der Waals surface area contributed by atoms with E-state index in [2.05, 4.69) is 21.7 Å².